The summed E-state index contributed by atoms with van der Waals surface area (Å²) in [6, 6.07) is 0. The maximum absolute atomic E-state index is 12.1. The predicted molar refractivity (Wildman–Crippen MR) is 66.2 cm³/mol. The molecule has 18 heavy (non-hydrogen) atoms. The summed E-state index contributed by atoms with van der Waals surface area (Å²) in [4.78, 5) is 24.8. The molecule has 1 rings (SSSR count). The molecule has 6 nitrogen and oxygen atoms in total. The average molecular weight is 253 g/mol. The van der Waals surface area contributed by atoms with Crippen LogP contribution in [-0.2, 0) is 16.6 Å². The van der Waals surface area contributed by atoms with E-state index in [1.807, 2.05) is 6.92 Å². The van der Waals surface area contributed by atoms with E-state index in [1.165, 1.54) is 4.90 Å². The second-order valence-electron chi connectivity index (χ2n) is 4.05. The van der Waals surface area contributed by atoms with E-state index >= 15 is 0 Å². The molecule has 0 aliphatic rings. The van der Waals surface area contributed by atoms with Crippen molar-refractivity contribution in [2.45, 2.75) is 20.3 Å². The van der Waals surface area contributed by atoms with Gasteiger partial charge >= 0.3 is 5.97 Å². The number of nitrogens with zero attached hydrogens (tertiary/aromatic N) is 3. The Kier molecular flexibility index (Phi) is 4.88. The van der Waals surface area contributed by atoms with Crippen LogP contribution in [0.15, 0.2) is 6.20 Å². The van der Waals surface area contributed by atoms with Crippen molar-refractivity contribution in [3.63, 3.8) is 0 Å². The third-order valence-electron chi connectivity index (χ3n) is 2.77. The van der Waals surface area contributed by atoms with Crippen molar-refractivity contribution in [2.75, 3.05) is 20.2 Å². The van der Waals surface area contributed by atoms with E-state index in [2.05, 4.69) is 5.10 Å². The first-order valence-electron chi connectivity index (χ1n) is 5.87. The third kappa shape index (κ3) is 3.32. The SMILES string of the molecule is CCOC(=O)CCN(C)C(=O)c1cnn(C)c1C. The Hall–Kier alpha value is -1.85. The van der Waals surface area contributed by atoms with Crippen LogP contribution in [0.1, 0.15) is 29.4 Å². The third-order valence-corrected chi connectivity index (χ3v) is 2.77. The summed E-state index contributed by atoms with van der Waals surface area (Å²) >= 11 is 0. The Bertz CT molecular complexity index is 440. The molecule has 0 unspecified atom stereocenters. The lowest BCUT2D eigenvalue weighted by Crippen LogP contribution is -2.29. The number of aryl methyl sites for hydroxylation is 1. The van der Waals surface area contributed by atoms with E-state index < -0.39 is 0 Å². The number of amides is 1. The molecule has 0 aliphatic heterocycles. The lowest BCUT2D eigenvalue weighted by Gasteiger charge is -2.16. The molecule has 0 spiro atoms. The molecular weight excluding hydrogens is 234 g/mol. The number of rotatable bonds is 5. The van der Waals surface area contributed by atoms with E-state index in [9.17, 15) is 9.59 Å². The van der Waals surface area contributed by atoms with Crippen LogP contribution in [-0.4, -0.2) is 46.8 Å². The highest BCUT2D eigenvalue weighted by molar-refractivity contribution is 5.95. The number of aromatic nitrogens is 2. The highest BCUT2D eigenvalue weighted by Gasteiger charge is 2.17. The van der Waals surface area contributed by atoms with Crippen LogP contribution >= 0.6 is 0 Å². The van der Waals surface area contributed by atoms with Crippen LogP contribution in [0.3, 0.4) is 0 Å². The average Bonchev–Trinajstić information content (AvgIpc) is 2.66. The number of ether oxygens (including phenoxy) is 1. The van der Waals surface area contributed by atoms with Gasteiger partial charge in [-0.25, -0.2) is 0 Å². The molecule has 1 heterocycles. The van der Waals surface area contributed by atoms with Gasteiger partial charge < -0.3 is 9.64 Å². The molecule has 0 atom stereocenters. The van der Waals surface area contributed by atoms with Crippen molar-refractivity contribution in [1.82, 2.24) is 14.7 Å². The minimum Gasteiger partial charge on any atom is -0.466 e. The zero-order chi connectivity index (χ0) is 13.7. The predicted octanol–water partition coefficient (Wildman–Crippen LogP) is 0.754. The summed E-state index contributed by atoms with van der Waals surface area (Å²) in [6.07, 6.45) is 1.74. The molecule has 0 radical (unpaired) electrons. The summed E-state index contributed by atoms with van der Waals surface area (Å²) in [5.74, 6) is -0.426. The molecule has 0 aliphatic carbocycles. The Morgan fingerprint density at radius 1 is 1.50 bits per heavy atom. The molecule has 0 aromatic carbocycles. The second-order valence-corrected chi connectivity index (χ2v) is 4.05. The van der Waals surface area contributed by atoms with Gasteiger partial charge in [-0.05, 0) is 13.8 Å². The molecule has 1 aromatic heterocycles. The monoisotopic (exact) mass is 253 g/mol. The van der Waals surface area contributed by atoms with Gasteiger partial charge in [-0.2, -0.15) is 5.10 Å². The summed E-state index contributed by atoms with van der Waals surface area (Å²) in [5, 5.41) is 4.02. The highest BCUT2D eigenvalue weighted by Crippen LogP contribution is 2.08. The van der Waals surface area contributed by atoms with Crippen LogP contribution in [0.4, 0.5) is 0 Å². The van der Waals surface area contributed by atoms with Gasteiger partial charge in [-0.1, -0.05) is 0 Å². The van der Waals surface area contributed by atoms with E-state index in [1.54, 1.807) is 31.9 Å². The minimum absolute atomic E-state index is 0.134. The topological polar surface area (TPSA) is 64.4 Å². The lowest BCUT2D eigenvalue weighted by atomic mass is 10.2. The van der Waals surface area contributed by atoms with Crippen molar-refractivity contribution in [1.29, 1.82) is 0 Å². The van der Waals surface area contributed by atoms with E-state index in [0.717, 1.165) is 5.69 Å². The fourth-order valence-corrected chi connectivity index (χ4v) is 1.51. The van der Waals surface area contributed by atoms with Crippen LogP contribution < -0.4 is 0 Å². The number of hydrogen-bond acceptors (Lipinski definition) is 4. The molecule has 100 valence electrons. The highest BCUT2D eigenvalue weighted by atomic mass is 16.5. The molecule has 0 N–H and O–H groups in total. The van der Waals surface area contributed by atoms with Gasteiger partial charge in [-0.15, -0.1) is 0 Å². The van der Waals surface area contributed by atoms with Gasteiger partial charge in [0.2, 0.25) is 0 Å². The first-order valence-corrected chi connectivity index (χ1v) is 5.87. The van der Waals surface area contributed by atoms with Crippen molar-refractivity contribution in [2.24, 2.45) is 7.05 Å². The molecule has 6 heteroatoms. The number of carbonyl (C=O) groups excluding carboxylic acids is 2. The number of carbonyl (C=O) groups is 2. The largest absolute Gasteiger partial charge is 0.466 e. The molecule has 0 saturated heterocycles. The van der Waals surface area contributed by atoms with Gasteiger partial charge in [0.15, 0.2) is 0 Å². The van der Waals surface area contributed by atoms with Gasteiger partial charge in [0.1, 0.15) is 0 Å². The maximum atomic E-state index is 12.1. The van der Waals surface area contributed by atoms with Crippen molar-refractivity contribution >= 4 is 11.9 Å². The molecule has 0 bridgehead atoms. The fraction of sp³-hybridized carbons (Fsp3) is 0.583. The van der Waals surface area contributed by atoms with Gasteiger partial charge in [0.05, 0.1) is 24.8 Å². The van der Waals surface area contributed by atoms with E-state index in [4.69, 9.17) is 4.74 Å². The standard InChI is InChI=1S/C12H19N3O3/c1-5-18-11(16)6-7-14(3)12(17)10-8-13-15(4)9(10)2/h8H,5-7H2,1-4H3. The summed E-state index contributed by atoms with van der Waals surface area (Å²) in [5.41, 5.74) is 1.37. The second kappa shape index (κ2) is 6.18. The molecule has 1 aromatic rings. The molecule has 1 amide bonds. The maximum Gasteiger partial charge on any atom is 0.307 e. The Morgan fingerprint density at radius 2 is 2.17 bits per heavy atom. The van der Waals surface area contributed by atoms with Gasteiger partial charge in [-0.3, -0.25) is 14.3 Å². The first-order chi connectivity index (χ1) is 8.47. The zero-order valence-electron chi connectivity index (χ0n) is 11.3. The van der Waals surface area contributed by atoms with Crippen molar-refractivity contribution < 1.29 is 14.3 Å². The van der Waals surface area contributed by atoms with Gasteiger partial charge in [0, 0.05) is 26.3 Å². The molecule has 0 saturated carbocycles. The lowest BCUT2D eigenvalue weighted by molar-refractivity contribution is -0.143. The number of esters is 1. The normalized spacial score (nSPS) is 10.2. The molecule has 0 fully saturated rings. The summed E-state index contributed by atoms with van der Waals surface area (Å²) in [7, 11) is 3.44. The Labute approximate surface area is 107 Å². The Morgan fingerprint density at radius 3 is 2.67 bits per heavy atom. The quantitative estimate of drug-likeness (QED) is 0.726. The summed E-state index contributed by atoms with van der Waals surface area (Å²) in [6.45, 7) is 4.29. The van der Waals surface area contributed by atoms with E-state index in [0.29, 0.717) is 18.7 Å². The summed E-state index contributed by atoms with van der Waals surface area (Å²) < 4.78 is 6.46. The van der Waals surface area contributed by atoms with Crippen LogP contribution in [0.2, 0.25) is 0 Å². The van der Waals surface area contributed by atoms with Crippen LogP contribution in [0.25, 0.3) is 0 Å². The van der Waals surface area contributed by atoms with Crippen molar-refractivity contribution in [3.05, 3.63) is 17.5 Å². The zero-order valence-corrected chi connectivity index (χ0v) is 11.3. The van der Waals surface area contributed by atoms with Crippen LogP contribution in [0, 0.1) is 6.92 Å². The fourth-order valence-electron chi connectivity index (χ4n) is 1.51. The van der Waals surface area contributed by atoms with Crippen LogP contribution in [0.5, 0.6) is 0 Å². The smallest absolute Gasteiger partial charge is 0.307 e. The van der Waals surface area contributed by atoms with E-state index in [-0.39, 0.29) is 18.3 Å². The Balaban J connectivity index is 2.57. The van der Waals surface area contributed by atoms with Gasteiger partial charge in [0.25, 0.3) is 5.91 Å². The first kappa shape index (κ1) is 14.2. The molecular formula is C12H19N3O3. The number of hydrogen-bond donors (Lipinski definition) is 0. The van der Waals surface area contributed by atoms with Crippen molar-refractivity contribution in [3.8, 4) is 0 Å². The minimum atomic E-state index is -0.292.